The molecule has 162 valence electrons. The Labute approximate surface area is 192 Å². The fourth-order valence-electron chi connectivity index (χ4n) is 5.92. The maximum Gasteiger partial charge on any atom is 0.287 e. The summed E-state index contributed by atoms with van der Waals surface area (Å²) in [6.07, 6.45) is 5.57. The molecule has 2 heteroatoms. The molecule has 0 amide bonds. The predicted octanol–water partition coefficient (Wildman–Crippen LogP) is 7.50. The highest BCUT2D eigenvalue weighted by Gasteiger charge is 2.46. The average molecular weight is 422 g/mol. The molecule has 2 nitrogen and oxygen atoms in total. The van der Waals surface area contributed by atoms with Crippen molar-refractivity contribution in [3.63, 3.8) is 0 Å². The van der Waals surface area contributed by atoms with E-state index in [1.165, 1.54) is 57.1 Å². The Morgan fingerprint density at radius 2 is 1.66 bits per heavy atom. The first kappa shape index (κ1) is 20.9. The standard InChI is InChI=1S/C30H33N2/c1-6-14-30(7-2)22(5)32-19-31-28(25-15-20(3)12-13-21(25)4)18-29(32)26-16-23-10-8-9-11-24(23)17-27(26)30/h8-13,15-19,22H,6-7,14H2,1-5H3/q+1. The second-order valence-electron chi connectivity index (χ2n) is 9.57. The van der Waals surface area contributed by atoms with E-state index >= 15 is 0 Å². The number of aryl methyl sites for hydroxylation is 2. The second kappa shape index (κ2) is 7.85. The van der Waals surface area contributed by atoms with Gasteiger partial charge in [0.15, 0.2) is 5.69 Å². The Balaban J connectivity index is 1.81. The first-order chi connectivity index (χ1) is 15.5. The highest BCUT2D eigenvalue weighted by Crippen LogP contribution is 2.49. The van der Waals surface area contributed by atoms with Gasteiger partial charge in [0.1, 0.15) is 11.7 Å². The van der Waals surface area contributed by atoms with Crippen molar-refractivity contribution in [3.05, 3.63) is 83.7 Å². The van der Waals surface area contributed by atoms with Crippen LogP contribution in [0.5, 0.6) is 0 Å². The van der Waals surface area contributed by atoms with Gasteiger partial charge in [-0.15, -0.1) is 0 Å². The lowest BCUT2D eigenvalue weighted by molar-refractivity contribution is -0.724. The fraction of sp³-hybridized carbons (Fsp3) is 0.333. The molecule has 1 aliphatic heterocycles. The molecular formula is C30H33N2+. The molecule has 0 saturated carbocycles. The van der Waals surface area contributed by atoms with Crippen molar-refractivity contribution in [2.45, 2.75) is 65.3 Å². The van der Waals surface area contributed by atoms with Crippen molar-refractivity contribution in [2.75, 3.05) is 0 Å². The lowest BCUT2D eigenvalue weighted by atomic mass is 9.65. The zero-order valence-corrected chi connectivity index (χ0v) is 19.9. The van der Waals surface area contributed by atoms with Crippen molar-refractivity contribution in [2.24, 2.45) is 0 Å². The van der Waals surface area contributed by atoms with E-state index in [9.17, 15) is 0 Å². The Morgan fingerprint density at radius 3 is 2.38 bits per heavy atom. The summed E-state index contributed by atoms with van der Waals surface area (Å²) >= 11 is 0. The summed E-state index contributed by atoms with van der Waals surface area (Å²) in [7, 11) is 0. The van der Waals surface area contributed by atoms with E-state index in [0.717, 1.165) is 12.1 Å². The molecule has 0 aliphatic carbocycles. The molecule has 0 N–H and O–H groups in total. The predicted molar refractivity (Wildman–Crippen MR) is 134 cm³/mol. The number of hydrogen-bond donors (Lipinski definition) is 0. The molecule has 0 radical (unpaired) electrons. The van der Waals surface area contributed by atoms with Gasteiger partial charge in [-0.05, 0) is 78.7 Å². The summed E-state index contributed by atoms with van der Waals surface area (Å²) < 4.78 is 2.44. The maximum absolute atomic E-state index is 4.97. The number of nitrogens with zero attached hydrogens (tertiary/aromatic N) is 2. The van der Waals surface area contributed by atoms with Crippen molar-refractivity contribution < 1.29 is 4.57 Å². The first-order valence-electron chi connectivity index (χ1n) is 12.0. The number of aromatic nitrogens is 2. The monoisotopic (exact) mass is 421 g/mol. The van der Waals surface area contributed by atoms with Crippen LogP contribution in [0, 0.1) is 13.8 Å². The lowest BCUT2D eigenvalue weighted by Crippen LogP contribution is -2.54. The van der Waals surface area contributed by atoms with Crippen LogP contribution in [0.15, 0.2) is 67.0 Å². The summed E-state index contributed by atoms with van der Waals surface area (Å²) in [5.74, 6) is 0. The number of rotatable bonds is 4. The normalized spacial score (nSPS) is 19.6. The molecule has 1 aromatic heterocycles. The summed E-state index contributed by atoms with van der Waals surface area (Å²) in [6.45, 7) is 11.4. The van der Waals surface area contributed by atoms with Crippen molar-refractivity contribution in [1.29, 1.82) is 0 Å². The molecule has 5 rings (SSSR count). The highest BCUT2D eigenvalue weighted by atomic mass is 15.1. The first-order valence-corrected chi connectivity index (χ1v) is 12.0. The molecule has 0 saturated heterocycles. The van der Waals surface area contributed by atoms with Crippen LogP contribution in [0.2, 0.25) is 0 Å². The largest absolute Gasteiger partial charge is 0.287 e. The van der Waals surface area contributed by atoms with Gasteiger partial charge < -0.3 is 0 Å². The van der Waals surface area contributed by atoms with E-state index in [-0.39, 0.29) is 5.41 Å². The van der Waals surface area contributed by atoms with Gasteiger partial charge in [-0.2, -0.15) is 0 Å². The Kier molecular flexibility index (Phi) is 5.12. The van der Waals surface area contributed by atoms with Crippen LogP contribution in [0.1, 0.15) is 62.8 Å². The van der Waals surface area contributed by atoms with Crippen LogP contribution in [0.3, 0.4) is 0 Å². The van der Waals surface area contributed by atoms with Gasteiger partial charge in [0, 0.05) is 22.6 Å². The fourth-order valence-corrected chi connectivity index (χ4v) is 5.92. The highest BCUT2D eigenvalue weighted by molar-refractivity contribution is 5.89. The van der Waals surface area contributed by atoms with E-state index in [1.807, 2.05) is 0 Å². The third-order valence-corrected chi connectivity index (χ3v) is 7.78. The third-order valence-electron chi connectivity index (χ3n) is 7.78. The van der Waals surface area contributed by atoms with E-state index < -0.39 is 0 Å². The number of benzene rings is 3. The molecule has 2 atom stereocenters. The SMILES string of the molecule is CCCC1(CC)c2cc3ccccc3cc2-c2cc(-c3cc(C)ccc3C)nc[n+]2C1C. The maximum atomic E-state index is 4.97. The molecule has 32 heavy (non-hydrogen) atoms. The minimum Gasteiger partial charge on any atom is -0.226 e. The topological polar surface area (TPSA) is 16.8 Å². The van der Waals surface area contributed by atoms with Crippen molar-refractivity contribution >= 4 is 10.8 Å². The van der Waals surface area contributed by atoms with Crippen molar-refractivity contribution in [3.8, 4) is 22.5 Å². The van der Waals surface area contributed by atoms with E-state index in [1.54, 1.807) is 0 Å². The Hall–Kier alpha value is -3.00. The van der Waals surface area contributed by atoms with Gasteiger partial charge in [0.2, 0.25) is 0 Å². The van der Waals surface area contributed by atoms with E-state index in [2.05, 4.69) is 106 Å². The van der Waals surface area contributed by atoms with Crippen LogP contribution >= 0.6 is 0 Å². The minimum absolute atomic E-state index is 0.119. The van der Waals surface area contributed by atoms with Gasteiger partial charge in [0.05, 0.1) is 0 Å². The molecule has 2 unspecified atom stereocenters. The van der Waals surface area contributed by atoms with Crippen LogP contribution in [0.25, 0.3) is 33.3 Å². The third kappa shape index (κ3) is 3.08. The lowest BCUT2D eigenvalue weighted by Gasteiger charge is -2.42. The van der Waals surface area contributed by atoms with Crippen LogP contribution < -0.4 is 4.57 Å². The van der Waals surface area contributed by atoms with Gasteiger partial charge in [-0.25, -0.2) is 4.57 Å². The zero-order chi connectivity index (χ0) is 22.5. The molecule has 0 fully saturated rings. The molecule has 4 aromatic rings. The van der Waals surface area contributed by atoms with Gasteiger partial charge in [-0.1, -0.05) is 62.2 Å². The van der Waals surface area contributed by atoms with Crippen LogP contribution in [0.4, 0.5) is 0 Å². The minimum atomic E-state index is 0.119. The summed E-state index contributed by atoms with van der Waals surface area (Å²) in [5.41, 5.74) is 9.10. The van der Waals surface area contributed by atoms with Crippen LogP contribution in [-0.2, 0) is 5.41 Å². The van der Waals surface area contributed by atoms with E-state index in [0.29, 0.717) is 6.04 Å². The molecule has 2 heterocycles. The van der Waals surface area contributed by atoms with E-state index in [4.69, 9.17) is 4.98 Å². The smallest absolute Gasteiger partial charge is 0.226 e. The Bertz CT molecular complexity index is 1320. The Morgan fingerprint density at radius 1 is 0.906 bits per heavy atom. The quantitative estimate of drug-likeness (QED) is 0.312. The zero-order valence-electron chi connectivity index (χ0n) is 19.9. The molecular weight excluding hydrogens is 388 g/mol. The molecule has 0 spiro atoms. The summed E-state index contributed by atoms with van der Waals surface area (Å²) in [4.78, 5) is 4.97. The molecule has 0 bridgehead atoms. The summed E-state index contributed by atoms with van der Waals surface area (Å²) in [5, 5.41) is 2.64. The molecule has 3 aromatic carbocycles. The summed E-state index contributed by atoms with van der Waals surface area (Å²) in [6, 6.07) is 23.0. The number of fused-ring (bicyclic) bond motifs is 4. The second-order valence-corrected chi connectivity index (χ2v) is 9.57. The van der Waals surface area contributed by atoms with Crippen LogP contribution in [-0.4, -0.2) is 4.98 Å². The average Bonchev–Trinajstić information content (AvgIpc) is 2.82. The van der Waals surface area contributed by atoms with Gasteiger partial charge >= 0.3 is 0 Å². The molecule has 1 aliphatic rings. The van der Waals surface area contributed by atoms with Gasteiger partial charge in [0.25, 0.3) is 6.33 Å². The van der Waals surface area contributed by atoms with Crippen molar-refractivity contribution in [1.82, 2.24) is 4.98 Å². The number of hydrogen-bond acceptors (Lipinski definition) is 1. The van der Waals surface area contributed by atoms with Gasteiger partial charge in [-0.3, -0.25) is 0 Å².